The van der Waals surface area contributed by atoms with Crippen LogP contribution in [0.15, 0.2) is 20.4 Å². The van der Waals surface area contributed by atoms with Gasteiger partial charge >= 0.3 is 0 Å². The molecule has 13 heavy (non-hydrogen) atoms. The summed E-state index contributed by atoms with van der Waals surface area (Å²) in [5.74, 6) is 0.660. The van der Waals surface area contributed by atoms with Gasteiger partial charge in [-0.3, -0.25) is 0 Å². The zero-order chi connectivity index (χ0) is 9.42. The van der Waals surface area contributed by atoms with Crippen molar-refractivity contribution in [2.45, 2.75) is 6.92 Å². The molecule has 0 aliphatic heterocycles. The number of aromatic nitrogens is 1. The summed E-state index contributed by atoms with van der Waals surface area (Å²) in [7, 11) is 0. The summed E-state index contributed by atoms with van der Waals surface area (Å²) in [6, 6.07) is 3.91. The average Bonchev–Trinajstić information content (AvgIpc) is 2.62. The van der Waals surface area contributed by atoms with Crippen LogP contribution in [0, 0.1) is 6.92 Å². The van der Waals surface area contributed by atoms with Gasteiger partial charge in [0.05, 0.1) is 8.66 Å². The molecule has 0 aliphatic rings. The lowest BCUT2D eigenvalue weighted by molar-refractivity contribution is 0.428. The van der Waals surface area contributed by atoms with Gasteiger partial charge in [-0.1, -0.05) is 5.16 Å². The van der Waals surface area contributed by atoms with Gasteiger partial charge in [-0.2, -0.15) is 0 Å². The van der Waals surface area contributed by atoms with Crippen molar-refractivity contribution in [3.8, 4) is 10.6 Å². The number of anilines is 1. The maximum Gasteiger partial charge on any atom is 0.199 e. The van der Waals surface area contributed by atoms with E-state index in [9.17, 15) is 0 Å². The van der Waals surface area contributed by atoms with Crippen molar-refractivity contribution in [3.63, 3.8) is 0 Å². The van der Waals surface area contributed by atoms with Crippen LogP contribution in [-0.2, 0) is 0 Å². The second-order valence-electron chi connectivity index (χ2n) is 2.61. The highest BCUT2D eigenvalue weighted by atomic mass is 79.9. The summed E-state index contributed by atoms with van der Waals surface area (Å²) >= 11 is 4.95. The van der Waals surface area contributed by atoms with E-state index in [1.165, 1.54) is 0 Å². The van der Waals surface area contributed by atoms with Gasteiger partial charge < -0.3 is 10.3 Å². The molecule has 0 radical (unpaired) electrons. The Kier molecular flexibility index (Phi) is 2.13. The molecule has 0 fully saturated rings. The van der Waals surface area contributed by atoms with Crippen LogP contribution in [0.4, 0.5) is 5.69 Å². The van der Waals surface area contributed by atoms with Crippen molar-refractivity contribution in [2.24, 2.45) is 0 Å². The number of nitrogens with two attached hydrogens (primary N) is 1. The molecule has 0 unspecified atom stereocenters. The van der Waals surface area contributed by atoms with Gasteiger partial charge in [0, 0.05) is 0 Å². The predicted molar refractivity (Wildman–Crippen MR) is 56.7 cm³/mol. The Balaban J connectivity index is 2.52. The molecule has 0 amide bonds. The average molecular weight is 259 g/mol. The molecule has 5 heteroatoms. The molecular formula is C8H7BrN2OS. The predicted octanol–water partition coefficient (Wildman–Crippen LogP) is 3.06. The van der Waals surface area contributed by atoms with E-state index < -0.39 is 0 Å². The minimum absolute atomic E-state index is 0.620. The number of halogens is 1. The van der Waals surface area contributed by atoms with Gasteiger partial charge in [0.2, 0.25) is 0 Å². The van der Waals surface area contributed by atoms with Crippen LogP contribution in [-0.4, -0.2) is 5.16 Å². The SMILES string of the molecule is Cc1noc(-c2ccc(Br)s2)c1N. The number of hydrogen-bond acceptors (Lipinski definition) is 4. The van der Waals surface area contributed by atoms with Gasteiger partial charge in [0.1, 0.15) is 11.4 Å². The molecule has 0 saturated carbocycles. The molecule has 2 aromatic heterocycles. The van der Waals surface area contributed by atoms with E-state index in [4.69, 9.17) is 10.3 Å². The molecule has 68 valence electrons. The zero-order valence-corrected chi connectivity index (χ0v) is 9.28. The van der Waals surface area contributed by atoms with Crippen LogP contribution in [0.1, 0.15) is 5.69 Å². The third-order valence-corrected chi connectivity index (χ3v) is 3.33. The first-order valence-corrected chi connectivity index (χ1v) is 5.27. The van der Waals surface area contributed by atoms with E-state index in [-0.39, 0.29) is 0 Å². The highest BCUT2D eigenvalue weighted by molar-refractivity contribution is 9.11. The van der Waals surface area contributed by atoms with Gasteiger partial charge in [0.15, 0.2) is 5.76 Å². The number of nitrogens with zero attached hydrogens (tertiary/aromatic N) is 1. The Labute approximate surface area is 87.7 Å². The van der Waals surface area contributed by atoms with Crippen LogP contribution in [0.5, 0.6) is 0 Å². The Morgan fingerprint density at radius 3 is 2.77 bits per heavy atom. The molecule has 3 nitrogen and oxygen atoms in total. The molecule has 0 aromatic carbocycles. The quantitative estimate of drug-likeness (QED) is 0.856. The van der Waals surface area contributed by atoms with Crippen molar-refractivity contribution in [3.05, 3.63) is 21.6 Å². The third kappa shape index (κ3) is 1.49. The first-order chi connectivity index (χ1) is 6.18. The van der Waals surface area contributed by atoms with Gasteiger partial charge in [0.25, 0.3) is 0 Å². The summed E-state index contributed by atoms with van der Waals surface area (Å²) in [5, 5.41) is 3.79. The first kappa shape index (κ1) is 8.77. The summed E-state index contributed by atoms with van der Waals surface area (Å²) in [6.45, 7) is 1.82. The van der Waals surface area contributed by atoms with Crippen molar-refractivity contribution in [1.29, 1.82) is 0 Å². The smallest absolute Gasteiger partial charge is 0.199 e. The normalized spacial score (nSPS) is 10.6. The van der Waals surface area contributed by atoms with Gasteiger partial charge in [-0.05, 0) is 35.0 Å². The molecular weight excluding hydrogens is 252 g/mol. The van der Waals surface area contributed by atoms with Gasteiger partial charge in [-0.25, -0.2) is 0 Å². The lowest BCUT2D eigenvalue weighted by atomic mass is 10.3. The van der Waals surface area contributed by atoms with Crippen LogP contribution in [0.3, 0.4) is 0 Å². The highest BCUT2D eigenvalue weighted by Gasteiger charge is 2.13. The topological polar surface area (TPSA) is 52.0 Å². The summed E-state index contributed by atoms with van der Waals surface area (Å²) in [6.07, 6.45) is 0. The Morgan fingerprint density at radius 1 is 1.54 bits per heavy atom. The number of aryl methyl sites for hydroxylation is 1. The van der Waals surface area contributed by atoms with Gasteiger partial charge in [-0.15, -0.1) is 11.3 Å². The Hall–Kier alpha value is -0.810. The van der Waals surface area contributed by atoms with Crippen LogP contribution >= 0.6 is 27.3 Å². The summed E-state index contributed by atoms with van der Waals surface area (Å²) in [5.41, 5.74) is 7.13. The lowest BCUT2D eigenvalue weighted by Crippen LogP contribution is -1.86. The fraction of sp³-hybridized carbons (Fsp3) is 0.125. The summed E-state index contributed by atoms with van der Waals surface area (Å²) in [4.78, 5) is 0.991. The van der Waals surface area contributed by atoms with Crippen LogP contribution in [0.2, 0.25) is 0 Å². The number of thiophene rings is 1. The molecule has 0 bridgehead atoms. The van der Waals surface area contributed by atoms with Crippen LogP contribution < -0.4 is 5.73 Å². The Morgan fingerprint density at radius 2 is 2.31 bits per heavy atom. The van der Waals surface area contributed by atoms with Crippen molar-refractivity contribution >= 4 is 33.0 Å². The van der Waals surface area contributed by atoms with Crippen molar-refractivity contribution in [1.82, 2.24) is 5.16 Å². The number of nitrogen functional groups attached to an aromatic ring is 1. The number of rotatable bonds is 1. The van der Waals surface area contributed by atoms with E-state index in [1.807, 2.05) is 19.1 Å². The molecule has 0 atom stereocenters. The second-order valence-corrected chi connectivity index (χ2v) is 5.08. The molecule has 0 saturated heterocycles. The van der Waals surface area contributed by atoms with Crippen LogP contribution in [0.25, 0.3) is 10.6 Å². The van der Waals surface area contributed by atoms with E-state index in [0.29, 0.717) is 11.4 Å². The van der Waals surface area contributed by atoms with E-state index in [0.717, 1.165) is 14.4 Å². The minimum Gasteiger partial charge on any atom is -0.394 e. The molecule has 2 heterocycles. The van der Waals surface area contributed by atoms with E-state index in [1.54, 1.807) is 11.3 Å². The standard InChI is InChI=1S/C8H7BrN2OS/c1-4-7(10)8(12-11-4)5-2-3-6(9)13-5/h2-3H,10H2,1H3. The fourth-order valence-corrected chi connectivity index (χ4v) is 2.37. The summed E-state index contributed by atoms with van der Waals surface area (Å²) < 4.78 is 6.16. The molecule has 0 aliphatic carbocycles. The van der Waals surface area contributed by atoms with E-state index >= 15 is 0 Å². The number of hydrogen-bond donors (Lipinski definition) is 1. The minimum atomic E-state index is 0.620. The van der Waals surface area contributed by atoms with E-state index in [2.05, 4.69) is 21.1 Å². The zero-order valence-electron chi connectivity index (χ0n) is 6.87. The lowest BCUT2D eigenvalue weighted by Gasteiger charge is -1.90. The fourth-order valence-electron chi connectivity index (χ4n) is 0.991. The highest BCUT2D eigenvalue weighted by Crippen LogP contribution is 2.35. The maximum absolute atomic E-state index is 5.78. The van der Waals surface area contributed by atoms with Crippen molar-refractivity contribution < 1.29 is 4.52 Å². The second kappa shape index (κ2) is 3.16. The first-order valence-electron chi connectivity index (χ1n) is 3.66. The molecule has 2 N–H and O–H groups in total. The monoisotopic (exact) mass is 258 g/mol. The molecule has 2 rings (SSSR count). The molecule has 0 spiro atoms. The maximum atomic E-state index is 5.78. The largest absolute Gasteiger partial charge is 0.394 e. The molecule has 2 aromatic rings. The Bertz CT molecular complexity index is 435. The third-order valence-electron chi connectivity index (χ3n) is 1.71. The van der Waals surface area contributed by atoms with Crippen molar-refractivity contribution in [2.75, 3.05) is 5.73 Å².